The zero-order chi connectivity index (χ0) is 17.6. The molecule has 126 valence electrons. The van der Waals surface area contributed by atoms with Crippen LogP contribution < -0.4 is 10.8 Å². The van der Waals surface area contributed by atoms with Gasteiger partial charge in [-0.05, 0) is 28.5 Å². The lowest BCUT2D eigenvalue weighted by molar-refractivity contribution is 0.234. The minimum atomic E-state index is -2.13. The number of nitrogens with one attached hydrogen (secondary N) is 4. The highest BCUT2D eigenvalue weighted by atomic mass is 32.2. The van der Waals surface area contributed by atoms with Crippen LogP contribution in [0.3, 0.4) is 0 Å². The van der Waals surface area contributed by atoms with Crippen molar-refractivity contribution >= 4 is 27.0 Å². The van der Waals surface area contributed by atoms with Gasteiger partial charge < -0.3 is 5.32 Å². The molecule has 24 heavy (non-hydrogen) atoms. The van der Waals surface area contributed by atoms with Crippen molar-refractivity contribution in [1.29, 1.82) is 9.56 Å². The number of aliphatic imine (C=N–C) groups is 1. The van der Waals surface area contributed by atoms with E-state index in [0.29, 0.717) is 23.5 Å². The van der Waals surface area contributed by atoms with E-state index in [0.717, 1.165) is 0 Å². The maximum Gasteiger partial charge on any atom is 0.202 e. The van der Waals surface area contributed by atoms with Crippen molar-refractivity contribution in [2.45, 2.75) is 0 Å². The molecular weight excluding hydrogens is 330 g/mol. The Hall–Kier alpha value is -2.90. The number of hydroxylamine groups is 1. The number of anilines is 1. The number of aromatic nitrogens is 2. The van der Waals surface area contributed by atoms with Crippen molar-refractivity contribution in [3.8, 4) is 12.3 Å². The molecule has 2 rings (SSSR count). The Morgan fingerprint density at radius 1 is 1.46 bits per heavy atom. The molecule has 1 heterocycles. The summed E-state index contributed by atoms with van der Waals surface area (Å²) >= 11 is 0. The maximum absolute atomic E-state index is 9.35. The molecule has 0 bridgehead atoms. The summed E-state index contributed by atoms with van der Waals surface area (Å²) < 4.78 is 19.8. The van der Waals surface area contributed by atoms with E-state index < -0.39 is 9.62 Å². The molecule has 1 aromatic carbocycles. The Kier molecular flexibility index (Phi) is 5.51. The zero-order valence-corrected chi connectivity index (χ0v) is 13.7. The van der Waals surface area contributed by atoms with Crippen LogP contribution >= 0.6 is 0 Å². The van der Waals surface area contributed by atoms with Crippen molar-refractivity contribution in [3.05, 3.63) is 35.5 Å². The normalized spacial score (nSPS) is 11.8. The molecule has 0 aliphatic heterocycles. The van der Waals surface area contributed by atoms with Crippen LogP contribution in [0.25, 0.3) is 0 Å². The highest BCUT2D eigenvalue weighted by Gasteiger charge is 2.16. The van der Waals surface area contributed by atoms with Crippen molar-refractivity contribution < 1.29 is 9.84 Å². The van der Waals surface area contributed by atoms with Gasteiger partial charge in [-0.1, -0.05) is 21.6 Å². The third-order valence-corrected chi connectivity index (χ3v) is 3.90. The Morgan fingerprint density at radius 3 is 2.92 bits per heavy atom. The van der Waals surface area contributed by atoms with Gasteiger partial charge in [-0.3, -0.25) is 20.2 Å². The summed E-state index contributed by atoms with van der Waals surface area (Å²) in [7, 11) is -2.13. The first-order valence-corrected chi connectivity index (χ1v) is 9.01. The Balaban J connectivity index is 2.23. The van der Waals surface area contributed by atoms with Crippen LogP contribution in [0.15, 0.2) is 33.9 Å². The fraction of sp³-hybridized carbons (Fsp3) is 0.214. The van der Waals surface area contributed by atoms with E-state index >= 15 is 0 Å². The van der Waals surface area contributed by atoms with Crippen LogP contribution in [-0.4, -0.2) is 39.9 Å². The third-order valence-electron chi connectivity index (χ3n) is 2.88. The first-order valence-electron chi connectivity index (χ1n) is 6.80. The molecule has 1 aromatic heterocycles. The van der Waals surface area contributed by atoms with E-state index in [2.05, 4.69) is 31.2 Å². The summed E-state index contributed by atoms with van der Waals surface area (Å²) in [6.07, 6.45) is 6.92. The minimum absolute atomic E-state index is 0.0276. The van der Waals surface area contributed by atoms with Gasteiger partial charge in [-0.15, -0.1) is 6.42 Å². The molecule has 5 N–H and O–H groups in total. The lowest BCUT2D eigenvalue weighted by atomic mass is 10.2. The predicted molar refractivity (Wildman–Crippen MR) is 91.9 cm³/mol. The van der Waals surface area contributed by atoms with Crippen LogP contribution in [0.5, 0.6) is 0 Å². The topological polar surface area (TPSA) is 143 Å². The fourth-order valence-corrected chi connectivity index (χ4v) is 2.27. The number of hydrogen-bond acceptors (Lipinski definition) is 8. The number of amidine groups is 1. The van der Waals surface area contributed by atoms with Gasteiger partial charge in [0.2, 0.25) is 5.82 Å². The van der Waals surface area contributed by atoms with Gasteiger partial charge in [0.25, 0.3) is 0 Å². The monoisotopic (exact) mass is 347 g/mol. The lowest BCUT2D eigenvalue weighted by Gasteiger charge is -2.07. The molecule has 0 radical (unpaired) electrons. The average Bonchev–Trinajstić information content (AvgIpc) is 3.00. The van der Waals surface area contributed by atoms with Crippen molar-refractivity contribution in [2.24, 2.45) is 4.99 Å². The number of rotatable bonds is 6. The molecule has 0 unspecified atom stereocenters. The second-order valence-corrected chi connectivity index (χ2v) is 7.53. The summed E-state index contributed by atoms with van der Waals surface area (Å²) in [4.78, 5) is 4.23. The summed E-state index contributed by atoms with van der Waals surface area (Å²) in [5.41, 5.74) is 3.31. The molecule has 0 saturated carbocycles. The Bertz CT molecular complexity index is 881. The smallest absolute Gasteiger partial charge is 0.202 e. The fourth-order valence-electron chi connectivity index (χ4n) is 1.76. The van der Waals surface area contributed by atoms with Crippen molar-refractivity contribution in [2.75, 3.05) is 23.9 Å². The lowest BCUT2D eigenvalue weighted by Crippen LogP contribution is -2.23. The Morgan fingerprint density at radius 2 is 2.25 bits per heavy atom. The highest BCUT2D eigenvalue weighted by molar-refractivity contribution is 7.92. The number of benzene rings is 1. The molecule has 0 aliphatic carbocycles. The van der Waals surface area contributed by atoms with Crippen LogP contribution in [0.2, 0.25) is 0 Å². The SMILES string of the molecule is C#Cc1cccc(N=C(NO)c2nonc2NCCS(C)(=N)=N)c1. The maximum atomic E-state index is 9.35. The van der Waals surface area contributed by atoms with E-state index in [1.807, 2.05) is 5.48 Å². The first kappa shape index (κ1) is 17.5. The summed E-state index contributed by atoms with van der Waals surface area (Å²) in [6.45, 7) is 0.353. The molecular formula is C14H17N7O2S. The van der Waals surface area contributed by atoms with Gasteiger partial charge >= 0.3 is 0 Å². The molecule has 0 fully saturated rings. The van der Waals surface area contributed by atoms with Gasteiger partial charge in [0.05, 0.1) is 5.69 Å². The predicted octanol–water partition coefficient (Wildman–Crippen LogP) is 1.83. The van der Waals surface area contributed by atoms with E-state index in [-0.39, 0.29) is 17.3 Å². The van der Waals surface area contributed by atoms with E-state index in [4.69, 9.17) is 16.0 Å². The van der Waals surface area contributed by atoms with Crippen molar-refractivity contribution in [3.63, 3.8) is 0 Å². The van der Waals surface area contributed by atoms with Crippen LogP contribution in [0, 0.1) is 21.9 Å². The quantitative estimate of drug-likeness (QED) is 0.233. The molecule has 9 nitrogen and oxygen atoms in total. The molecule has 0 spiro atoms. The number of terminal acetylenes is 1. The average molecular weight is 347 g/mol. The highest BCUT2D eigenvalue weighted by Crippen LogP contribution is 2.17. The summed E-state index contributed by atoms with van der Waals surface area (Å²) in [5, 5.41) is 19.7. The van der Waals surface area contributed by atoms with E-state index in [1.54, 1.807) is 30.5 Å². The second-order valence-electron chi connectivity index (χ2n) is 4.95. The van der Waals surface area contributed by atoms with Gasteiger partial charge in [-0.2, -0.15) is 0 Å². The van der Waals surface area contributed by atoms with Gasteiger partial charge in [0.1, 0.15) is 0 Å². The van der Waals surface area contributed by atoms with Gasteiger partial charge in [-0.25, -0.2) is 9.62 Å². The molecule has 0 saturated heterocycles. The van der Waals surface area contributed by atoms with Crippen LogP contribution in [-0.2, 0) is 9.62 Å². The minimum Gasteiger partial charge on any atom is -0.364 e. The zero-order valence-electron chi connectivity index (χ0n) is 12.9. The summed E-state index contributed by atoms with van der Waals surface area (Å²) in [5.74, 6) is 3.14. The molecule has 0 amide bonds. The second kappa shape index (κ2) is 7.58. The standard InChI is InChI=1S/C14H17N7O2S/c1-3-10-5-4-6-11(9-10)18-14(19-22)12-13(21-23-20-12)17-7-8-24(2,15)16/h1,4-6,9,15-16,22H,7-8H2,2H3,(H,17,21)(H,18,19). The molecule has 10 heteroatoms. The molecule has 2 aromatic rings. The number of hydrogen-bond donors (Lipinski definition) is 5. The Labute approximate surface area is 139 Å². The van der Waals surface area contributed by atoms with Gasteiger partial charge in [0.15, 0.2) is 11.5 Å². The van der Waals surface area contributed by atoms with Crippen LogP contribution in [0.1, 0.15) is 11.3 Å². The molecule has 0 atom stereocenters. The number of nitrogens with zero attached hydrogens (tertiary/aromatic N) is 3. The summed E-state index contributed by atoms with van der Waals surface area (Å²) in [6, 6.07) is 6.90. The van der Waals surface area contributed by atoms with E-state index in [9.17, 15) is 5.21 Å². The van der Waals surface area contributed by atoms with E-state index in [1.165, 1.54) is 0 Å². The molecule has 0 aliphatic rings. The third kappa shape index (κ3) is 4.80. The van der Waals surface area contributed by atoms with Crippen molar-refractivity contribution in [1.82, 2.24) is 15.8 Å². The van der Waals surface area contributed by atoms with Crippen LogP contribution in [0.4, 0.5) is 11.5 Å². The van der Waals surface area contributed by atoms with Gasteiger partial charge in [0, 0.05) is 24.1 Å². The first-order chi connectivity index (χ1) is 11.4. The largest absolute Gasteiger partial charge is 0.364 e.